The van der Waals surface area contributed by atoms with E-state index >= 15 is 0 Å². The number of ether oxygens (including phenoxy) is 2. The number of primary amides is 1. The monoisotopic (exact) mass is 427 g/mol. The highest BCUT2D eigenvalue weighted by atomic mass is 16.5. The summed E-state index contributed by atoms with van der Waals surface area (Å²) in [6.07, 6.45) is 3.90. The zero-order valence-corrected chi connectivity index (χ0v) is 17.4. The highest BCUT2D eigenvalue weighted by Crippen LogP contribution is 2.32. The zero-order valence-electron chi connectivity index (χ0n) is 17.4. The molecule has 0 fully saturated rings. The average molecular weight is 427 g/mol. The Balaban J connectivity index is 1.51. The first-order valence-electron chi connectivity index (χ1n) is 9.98. The van der Waals surface area contributed by atoms with Gasteiger partial charge in [-0.3, -0.25) is 14.6 Å². The van der Waals surface area contributed by atoms with Crippen molar-refractivity contribution in [2.24, 2.45) is 5.73 Å². The molecule has 2 N–H and O–H groups in total. The molecular formula is C25H21N3O4. The van der Waals surface area contributed by atoms with Gasteiger partial charge in [-0.2, -0.15) is 0 Å². The quantitative estimate of drug-likeness (QED) is 0.458. The van der Waals surface area contributed by atoms with Crippen molar-refractivity contribution in [3.8, 4) is 17.4 Å². The minimum Gasteiger partial charge on any atom is -0.496 e. The third kappa shape index (κ3) is 4.73. The summed E-state index contributed by atoms with van der Waals surface area (Å²) in [7, 11) is 1.46. The molecule has 32 heavy (non-hydrogen) atoms. The molecule has 2 aromatic heterocycles. The second-order valence-corrected chi connectivity index (χ2v) is 7.23. The highest BCUT2D eigenvalue weighted by molar-refractivity contribution is 6.01. The fourth-order valence-electron chi connectivity index (χ4n) is 3.40. The van der Waals surface area contributed by atoms with Crippen molar-refractivity contribution in [3.05, 3.63) is 89.7 Å². The maximum absolute atomic E-state index is 12.3. The van der Waals surface area contributed by atoms with Crippen LogP contribution in [0.25, 0.3) is 10.9 Å². The third-order valence-corrected chi connectivity index (χ3v) is 4.95. The van der Waals surface area contributed by atoms with Crippen LogP contribution >= 0.6 is 0 Å². The van der Waals surface area contributed by atoms with Crippen LogP contribution < -0.4 is 15.2 Å². The normalized spacial score (nSPS) is 10.7. The van der Waals surface area contributed by atoms with E-state index in [2.05, 4.69) is 9.97 Å². The van der Waals surface area contributed by atoms with Crippen LogP contribution in [0.1, 0.15) is 21.5 Å². The number of hydrogen-bond acceptors (Lipinski definition) is 6. The molecular weight excluding hydrogens is 406 g/mol. The number of benzene rings is 2. The molecule has 2 aromatic carbocycles. The molecule has 0 spiro atoms. The summed E-state index contributed by atoms with van der Waals surface area (Å²) in [6, 6.07) is 18.1. The number of fused-ring (bicyclic) bond motifs is 1. The molecule has 0 aliphatic heterocycles. The van der Waals surface area contributed by atoms with Crippen LogP contribution in [-0.4, -0.2) is 28.8 Å². The minimum absolute atomic E-state index is 0.111. The highest BCUT2D eigenvalue weighted by Gasteiger charge is 2.15. The molecule has 160 valence electrons. The standard InChI is InChI=1S/C25H21N3O4/c1-31-23-14-21-19(13-20(23)25(26)30)22(9-10-27-21)32-24-8-7-17(15-28-24)12-18(29)11-16-5-3-2-4-6-16/h2-10,13-15H,11-12H2,1H3,(H2,26,30). The van der Waals surface area contributed by atoms with Gasteiger partial charge in [-0.15, -0.1) is 0 Å². The number of rotatable bonds is 8. The summed E-state index contributed by atoms with van der Waals surface area (Å²) >= 11 is 0. The van der Waals surface area contributed by atoms with Crippen LogP contribution in [-0.2, 0) is 17.6 Å². The largest absolute Gasteiger partial charge is 0.496 e. The summed E-state index contributed by atoms with van der Waals surface area (Å²) in [5.41, 5.74) is 8.09. The Labute approximate surface area is 184 Å². The maximum atomic E-state index is 12.3. The summed E-state index contributed by atoms with van der Waals surface area (Å²) in [5.74, 6) is 0.673. The van der Waals surface area contributed by atoms with Crippen molar-refractivity contribution >= 4 is 22.6 Å². The first-order chi connectivity index (χ1) is 15.5. The smallest absolute Gasteiger partial charge is 0.252 e. The van der Waals surface area contributed by atoms with Gasteiger partial charge in [0.05, 0.1) is 18.2 Å². The molecule has 1 amide bonds. The molecule has 0 aliphatic rings. The van der Waals surface area contributed by atoms with E-state index in [4.69, 9.17) is 15.2 Å². The van der Waals surface area contributed by atoms with Gasteiger partial charge in [0.2, 0.25) is 5.88 Å². The minimum atomic E-state index is -0.610. The summed E-state index contributed by atoms with van der Waals surface area (Å²) in [4.78, 5) is 32.7. The zero-order chi connectivity index (χ0) is 22.5. The second kappa shape index (κ2) is 9.26. The number of amides is 1. The lowest BCUT2D eigenvalue weighted by Gasteiger charge is -2.11. The van der Waals surface area contributed by atoms with E-state index in [-0.39, 0.29) is 11.3 Å². The molecule has 0 atom stereocenters. The fourth-order valence-corrected chi connectivity index (χ4v) is 3.40. The van der Waals surface area contributed by atoms with Gasteiger partial charge in [0.25, 0.3) is 5.91 Å². The topological polar surface area (TPSA) is 104 Å². The van der Waals surface area contributed by atoms with Crippen molar-refractivity contribution in [2.75, 3.05) is 7.11 Å². The Bertz CT molecular complexity index is 1270. The number of hydrogen-bond donors (Lipinski definition) is 1. The molecule has 0 radical (unpaired) electrons. The van der Waals surface area contributed by atoms with Crippen molar-refractivity contribution in [1.29, 1.82) is 0 Å². The fraction of sp³-hybridized carbons (Fsp3) is 0.120. The van der Waals surface area contributed by atoms with E-state index in [9.17, 15) is 9.59 Å². The maximum Gasteiger partial charge on any atom is 0.252 e. The molecule has 7 heteroatoms. The van der Waals surface area contributed by atoms with Gasteiger partial charge in [-0.1, -0.05) is 36.4 Å². The van der Waals surface area contributed by atoms with Crippen LogP contribution in [0.2, 0.25) is 0 Å². The average Bonchev–Trinajstić information content (AvgIpc) is 2.80. The van der Waals surface area contributed by atoms with E-state index < -0.39 is 5.91 Å². The van der Waals surface area contributed by atoms with Gasteiger partial charge in [0, 0.05) is 42.8 Å². The van der Waals surface area contributed by atoms with Gasteiger partial charge in [0.1, 0.15) is 17.3 Å². The summed E-state index contributed by atoms with van der Waals surface area (Å²) in [6.45, 7) is 0. The first kappa shape index (κ1) is 21.0. The van der Waals surface area contributed by atoms with Crippen molar-refractivity contribution < 1.29 is 19.1 Å². The number of carbonyl (C=O) groups excluding carboxylic acids is 2. The molecule has 0 aliphatic carbocycles. The Morgan fingerprint density at radius 3 is 2.38 bits per heavy atom. The molecule has 0 unspecified atom stereocenters. The van der Waals surface area contributed by atoms with Gasteiger partial charge in [-0.25, -0.2) is 4.98 Å². The molecule has 0 bridgehead atoms. The van der Waals surface area contributed by atoms with Crippen LogP contribution in [0.3, 0.4) is 0 Å². The summed E-state index contributed by atoms with van der Waals surface area (Å²) in [5, 5.41) is 0.603. The van der Waals surface area contributed by atoms with Crippen molar-refractivity contribution in [2.45, 2.75) is 12.8 Å². The molecule has 0 saturated heterocycles. The molecule has 7 nitrogen and oxygen atoms in total. The predicted octanol–water partition coefficient (Wildman–Crippen LogP) is 3.88. The number of pyridine rings is 2. The van der Waals surface area contributed by atoms with Crippen LogP contribution in [0.5, 0.6) is 17.4 Å². The molecule has 4 rings (SSSR count). The number of aromatic nitrogens is 2. The molecule has 2 heterocycles. The van der Waals surface area contributed by atoms with Crippen LogP contribution in [0, 0.1) is 0 Å². The van der Waals surface area contributed by atoms with Crippen molar-refractivity contribution in [1.82, 2.24) is 9.97 Å². The first-order valence-corrected chi connectivity index (χ1v) is 9.98. The second-order valence-electron chi connectivity index (χ2n) is 7.23. The van der Waals surface area contributed by atoms with Gasteiger partial charge in [0.15, 0.2) is 0 Å². The van der Waals surface area contributed by atoms with Gasteiger partial charge >= 0.3 is 0 Å². The van der Waals surface area contributed by atoms with E-state index in [0.29, 0.717) is 41.1 Å². The van der Waals surface area contributed by atoms with Crippen LogP contribution in [0.4, 0.5) is 0 Å². The SMILES string of the molecule is COc1cc2nccc(Oc3ccc(CC(=O)Cc4ccccc4)cn3)c2cc1C(N)=O. The van der Waals surface area contributed by atoms with E-state index in [1.165, 1.54) is 7.11 Å². The lowest BCUT2D eigenvalue weighted by molar-refractivity contribution is -0.117. The third-order valence-electron chi connectivity index (χ3n) is 4.95. The number of Topliss-reactive ketones (excluding diaryl/α,β-unsaturated/α-hetero) is 1. The van der Waals surface area contributed by atoms with E-state index in [1.54, 1.807) is 36.7 Å². The number of nitrogens with two attached hydrogens (primary N) is 1. The molecule has 4 aromatic rings. The van der Waals surface area contributed by atoms with Crippen molar-refractivity contribution in [3.63, 3.8) is 0 Å². The Morgan fingerprint density at radius 2 is 1.69 bits per heavy atom. The molecule has 0 saturated carbocycles. The van der Waals surface area contributed by atoms with E-state index in [1.807, 2.05) is 36.4 Å². The lowest BCUT2D eigenvalue weighted by atomic mass is 10.0. The Kier molecular flexibility index (Phi) is 6.07. The van der Waals surface area contributed by atoms with E-state index in [0.717, 1.165) is 11.1 Å². The predicted molar refractivity (Wildman–Crippen MR) is 120 cm³/mol. The number of carbonyl (C=O) groups is 2. The lowest BCUT2D eigenvalue weighted by Crippen LogP contribution is -2.12. The number of ketones is 1. The van der Waals surface area contributed by atoms with Gasteiger partial charge in [-0.05, 0) is 23.3 Å². The number of methoxy groups -OCH3 is 1. The van der Waals surface area contributed by atoms with Gasteiger partial charge < -0.3 is 15.2 Å². The Hall–Kier alpha value is -4.26. The summed E-state index contributed by atoms with van der Waals surface area (Å²) < 4.78 is 11.2. The number of nitrogens with zero attached hydrogens (tertiary/aromatic N) is 2. The Morgan fingerprint density at radius 1 is 0.906 bits per heavy atom. The van der Waals surface area contributed by atoms with Crippen LogP contribution in [0.15, 0.2) is 73.1 Å².